The molecule has 12 aromatic rings. The van der Waals surface area contributed by atoms with Crippen molar-refractivity contribution in [3.8, 4) is 51.0 Å². The minimum Gasteiger partial charge on any atom is -0.455 e. The third-order valence-electron chi connectivity index (χ3n) is 11.1. The maximum Gasteiger partial charge on any atom is 0.167 e. The highest BCUT2D eigenvalue weighted by molar-refractivity contribution is 7.25. The van der Waals surface area contributed by atoms with E-state index in [1.54, 1.807) is 0 Å². The monoisotopic (exact) mass is 746 g/mol. The Morgan fingerprint density at radius 3 is 1.67 bits per heavy atom. The molecule has 0 amide bonds. The third kappa shape index (κ3) is 5.04. The van der Waals surface area contributed by atoms with Crippen LogP contribution in [0, 0.1) is 0 Å². The predicted molar refractivity (Wildman–Crippen MR) is 236 cm³/mol. The molecule has 0 unspecified atom stereocenters. The summed E-state index contributed by atoms with van der Waals surface area (Å²) in [5, 5.41) is 7.07. The topological polar surface area (TPSA) is 56.7 Å². The number of hydrogen-bond donors (Lipinski definition) is 0. The lowest BCUT2D eigenvalue weighted by atomic mass is 9.99. The van der Waals surface area contributed by atoms with Crippen molar-refractivity contribution in [3.63, 3.8) is 0 Å². The van der Waals surface area contributed by atoms with Crippen LogP contribution in [-0.4, -0.2) is 19.5 Å². The minimum absolute atomic E-state index is 0.566. The maximum atomic E-state index is 6.98. The number of fused-ring (bicyclic) bond motifs is 9. The van der Waals surface area contributed by atoms with E-state index in [4.69, 9.17) is 19.4 Å². The lowest BCUT2D eigenvalue weighted by Crippen LogP contribution is -2.00. The van der Waals surface area contributed by atoms with E-state index in [1.807, 2.05) is 78.1 Å². The molecule has 5 nitrogen and oxygen atoms in total. The second-order valence-corrected chi connectivity index (χ2v) is 15.5. The number of nitrogens with zero attached hydrogens (tertiary/aromatic N) is 4. The van der Waals surface area contributed by atoms with Crippen molar-refractivity contribution < 1.29 is 4.42 Å². The number of aromatic nitrogens is 4. The molecule has 4 aromatic heterocycles. The van der Waals surface area contributed by atoms with Crippen LogP contribution in [0.25, 0.3) is 115 Å². The molecule has 266 valence electrons. The van der Waals surface area contributed by atoms with Gasteiger partial charge < -0.3 is 8.98 Å². The Hall–Kier alpha value is -7.41. The quantitative estimate of drug-likeness (QED) is 0.176. The van der Waals surface area contributed by atoms with Crippen molar-refractivity contribution in [1.29, 1.82) is 0 Å². The van der Waals surface area contributed by atoms with Crippen LogP contribution in [0.2, 0.25) is 0 Å². The van der Waals surface area contributed by atoms with Crippen LogP contribution in [0.4, 0.5) is 0 Å². The average Bonchev–Trinajstić information content (AvgIpc) is 3.95. The van der Waals surface area contributed by atoms with Crippen LogP contribution in [-0.2, 0) is 0 Å². The molecule has 8 aromatic carbocycles. The summed E-state index contributed by atoms with van der Waals surface area (Å²) < 4.78 is 12.0. The molecule has 0 aliphatic carbocycles. The summed E-state index contributed by atoms with van der Waals surface area (Å²) in [5.41, 5.74) is 9.88. The van der Waals surface area contributed by atoms with Crippen LogP contribution < -0.4 is 0 Å². The first kappa shape index (κ1) is 31.9. The lowest BCUT2D eigenvalue weighted by molar-refractivity contribution is 0.670. The molecule has 0 saturated heterocycles. The van der Waals surface area contributed by atoms with Crippen molar-refractivity contribution in [2.24, 2.45) is 0 Å². The average molecular weight is 747 g/mol. The standard InChI is InChI=1S/C51H30N4OS/c1-4-14-31(15-5-1)49-52-50(32-16-6-2-7-17-32)54-51(53-49)39-24-13-23-38-37-22-12-21-35(47(37)56-48(38)39)33-26-27-43-40(28-33)41-29-42-36-20-10-11-25-45(36)57-46(42)30-44(41)55(43)34-18-8-3-9-19-34/h1-30H. The SMILES string of the molecule is c1ccc(-c2nc(-c3ccccc3)nc(-c3cccc4c3oc3c(-c5ccc6c(c5)c5cc7c(cc5n6-c5ccccc5)sc5ccccc57)cccc34)n2)cc1. The summed E-state index contributed by atoms with van der Waals surface area (Å²) in [4.78, 5) is 15.0. The molecule has 0 aliphatic heterocycles. The van der Waals surface area contributed by atoms with Crippen LogP contribution in [0.3, 0.4) is 0 Å². The second kappa shape index (κ2) is 12.6. The van der Waals surface area contributed by atoms with Crippen LogP contribution in [0.15, 0.2) is 186 Å². The van der Waals surface area contributed by atoms with Gasteiger partial charge in [-0.2, -0.15) is 0 Å². The van der Waals surface area contributed by atoms with Crippen LogP contribution in [0.5, 0.6) is 0 Å². The summed E-state index contributed by atoms with van der Waals surface area (Å²) in [7, 11) is 0. The molecule has 0 saturated carbocycles. The largest absolute Gasteiger partial charge is 0.455 e. The zero-order chi connectivity index (χ0) is 37.5. The van der Waals surface area contributed by atoms with Crippen molar-refractivity contribution in [1.82, 2.24) is 19.5 Å². The van der Waals surface area contributed by atoms with E-state index in [1.165, 1.54) is 42.0 Å². The molecule has 0 radical (unpaired) electrons. The van der Waals surface area contributed by atoms with Gasteiger partial charge in [-0.1, -0.05) is 133 Å². The van der Waals surface area contributed by atoms with E-state index in [9.17, 15) is 0 Å². The number of rotatable bonds is 5. The molecule has 4 heterocycles. The van der Waals surface area contributed by atoms with Gasteiger partial charge in [0.05, 0.1) is 16.6 Å². The third-order valence-corrected chi connectivity index (χ3v) is 12.2. The Morgan fingerprint density at radius 1 is 0.368 bits per heavy atom. The van der Waals surface area contributed by atoms with Gasteiger partial charge in [-0.3, -0.25) is 0 Å². The minimum atomic E-state index is 0.566. The van der Waals surface area contributed by atoms with E-state index in [2.05, 4.69) is 120 Å². The van der Waals surface area contributed by atoms with E-state index < -0.39 is 0 Å². The molecule has 0 bridgehead atoms. The Labute approximate surface area is 330 Å². The van der Waals surface area contributed by atoms with Gasteiger partial charge in [-0.05, 0) is 54.1 Å². The fourth-order valence-corrected chi connectivity index (χ4v) is 9.53. The number of para-hydroxylation sites is 3. The Bertz CT molecular complexity index is 3460. The zero-order valence-electron chi connectivity index (χ0n) is 30.4. The Kier molecular flexibility index (Phi) is 7.03. The van der Waals surface area contributed by atoms with Crippen LogP contribution >= 0.6 is 11.3 Å². The highest BCUT2D eigenvalue weighted by atomic mass is 32.1. The molecule has 0 fully saturated rings. The second-order valence-electron chi connectivity index (χ2n) is 14.4. The van der Waals surface area contributed by atoms with Gasteiger partial charge in [0.2, 0.25) is 0 Å². The maximum absolute atomic E-state index is 6.98. The molecule has 57 heavy (non-hydrogen) atoms. The molecule has 6 heteroatoms. The molecule has 0 atom stereocenters. The van der Waals surface area contributed by atoms with E-state index in [-0.39, 0.29) is 0 Å². The molecular formula is C51H30N4OS. The van der Waals surface area contributed by atoms with E-state index in [0.29, 0.717) is 17.5 Å². The number of furan rings is 1. The first-order valence-electron chi connectivity index (χ1n) is 19.0. The lowest BCUT2D eigenvalue weighted by Gasteiger charge is -2.08. The Morgan fingerprint density at radius 2 is 0.947 bits per heavy atom. The summed E-state index contributed by atoms with van der Waals surface area (Å²) in [6.07, 6.45) is 0. The summed E-state index contributed by atoms with van der Waals surface area (Å²) >= 11 is 1.85. The van der Waals surface area contributed by atoms with Crippen LogP contribution in [0.1, 0.15) is 0 Å². The fraction of sp³-hybridized carbons (Fsp3) is 0. The highest BCUT2D eigenvalue weighted by Gasteiger charge is 2.21. The zero-order valence-corrected chi connectivity index (χ0v) is 31.2. The van der Waals surface area contributed by atoms with Crippen molar-refractivity contribution in [2.45, 2.75) is 0 Å². The molecule has 0 spiro atoms. The fourth-order valence-electron chi connectivity index (χ4n) is 8.41. The Balaban J connectivity index is 1.07. The van der Waals surface area contributed by atoms with Crippen molar-refractivity contribution in [2.75, 3.05) is 0 Å². The number of thiophene rings is 1. The molecule has 12 rings (SSSR count). The van der Waals surface area contributed by atoms with Gasteiger partial charge in [-0.15, -0.1) is 11.3 Å². The van der Waals surface area contributed by atoms with E-state index >= 15 is 0 Å². The van der Waals surface area contributed by atoms with Crippen molar-refractivity contribution in [3.05, 3.63) is 182 Å². The highest BCUT2D eigenvalue weighted by Crippen LogP contribution is 2.44. The van der Waals surface area contributed by atoms with Gasteiger partial charge in [0.15, 0.2) is 17.5 Å². The smallest absolute Gasteiger partial charge is 0.167 e. The van der Waals surface area contributed by atoms with Gasteiger partial charge in [0.1, 0.15) is 11.2 Å². The molecule has 0 aliphatic rings. The number of hydrogen-bond acceptors (Lipinski definition) is 5. The first-order chi connectivity index (χ1) is 28.2. The van der Waals surface area contributed by atoms with E-state index in [0.717, 1.165) is 55.4 Å². The molecular weight excluding hydrogens is 717 g/mol. The van der Waals surface area contributed by atoms with Gasteiger partial charge in [-0.25, -0.2) is 15.0 Å². The predicted octanol–water partition coefficient (Wildman–Crippen LogP) is 13.9. The van der Waals surface area contributed by atoms with Gasteiger partial charge in [0, 0.05) is 64.1 Å². The van der Waals surface area contributed by atoms with Gasteiger partial charge >= 0.3 is 0 Å². The summed E-state index contributed by atoms with van der Waals surface area (Å²) in [5.74, 6) is 1.80. The number of benzene rings is 8. The van der Waals surface area contributed by atoms with Gasteiger partial charge in [0.25, 0.3) is 0 Å². The normalized spacial score (nSPS) is 11.9. The summed E-state index contributed by atoms with van der Waals surface area (Å²) in [6, 6.07) is 63.8. The summed E-state index contributed by atoms with van der Waals surface area (Å²) in [6.45, 7) is 0. The van der Waals surface area contributed by atoms with Crippen molar-refractivity contribution >= 4 is 75.3 Å². The first-order valence-corrected chi connectivity index (χ1v) is 19.8. The molecule has 0 N–H and O–H groups in total.